The second kappa shape index (κ2) is 6.16. The van der Waals surface area contributed by atoms with E-state index in [1.807, 2.05) is 19.1 Å². The van der Waals surface area contributed by atoms with Gasteiger partial charge in [-0.2, -0.15) is 0 Å². The molecule has 0 saturated heterocycles. The van der Waals surface area contributed by atoms with Gasteiger partial charge in [-0.3, -0.25) is 4.79 Å². The second-order valence-corrected chi connectivity index (χ2v) is 5.94. The molecular weight excluding hydrogens is 252 g/mol. The monoisotopic (exact) mass is 276 g/mol. The van der Waals surface area contributed by atoms with Crippen LogP contribution in [0.4, 0.5) is 5.69 Å². The fraction of sp³-hybridized carbons (Fsp3) is 0.562. The summed E-state index contributed by atoms with van der Waals surface area (Å²) in [4.78, 5) is 11.7. The van der Waals surface area contributed by atoms with Crippen molar-refractivity contribution in [2.75, 3.05) is 18.9 Å². The Kier molecular flexibility index (Phi) is 4.53. The normalized spacial score (nSPS) is 14.4. The number of hydrogen-bond donors (Lipinski definition) is 2. The average molecular weight is 276 g/mol. The minimum Gasteiger partial charge on any atom is -0.483 e. The Labute approximate surface area is 120 Å². The number of nitrogens with one attached hydrogen (secondary N) is 1. The first-order chi connectivity index (χ1) is 9.47. The van der Waals surface area contributed by atoms with E-state index in [1.165, 1.54) is 12.8 Å². The van der Waals surface area contributed by atoms with Crippen molar-refractivity contribution in [2.24, 2.45) is 5.92 Å². The molecule has 1 saturated carbocycles. The summed E-state index contributed by atoms with van der Waals surface area (Å²) in [7, 11) is 0. The third kappa shape index (κ3) is 3.89. The zero-order valence-corrected chi connectivity index (χ0v) is 12.5. The van der Waals surface area contributed by atoms with Gasteiger partial charge in [-0.25, -0.2) is 0 Å². The summed E-state index contributed by atoms with van der Waals surface area (Å²) in [5, 5.41) is 2.90. The van der Waals surface area contributed by atoms with Gasteiger partial charge in [0.25, 0.3) is 5.91 Å². The van der Waals surface area contributed by atoms with Gasteiger partial charge < -0.3 is 15.8 Å². The molecule has 1 aromatic carbocycles. The van der Waals surface area contributed by atoms with E-state index in [2.05, 4.69) is 19.2 Å². The highest BCUT2D eigenvalue weighted by molar-refractivity contribution is 5.77. The van der Waals surface area contributed by atoms with Crippen LogP contribution in [0.25, 0.3) is 0 Å². The maximum absolute atomic E-state index is 11.7. The smallest absolute Gasteiger partial charge is 0.257 e. The van der Waals surface area contributed by atoms with Crippen LogP contribution >= 0.6 is 0 Å². The first kappa shape index (κ1) is 14.7. The Morgan fingerprint density at radius 3 is 2.75 bits per heavy atom. The van der Waals surface area contributed by atoms with Crippen molar-refractivity contribution in [3.63, 3.8) is 0 Å². The van der Waals surface area contributed by atoms with Crippen molar-refractivity contribution in [2.45, 2.75) is 39.5 Å². The number of anilines is 1. The standard InChI is InChI=1S/C16H24N2O2/c1-10(2)13-7-14(17)11(3)6-15(13)20-9-16(19)18-8-12-4-5-12/h6-7,10,12H,4-5,8-9,17H2,1-3H3,(H,18,19). The van der Waals surface area contributed by atoms with Crippen LogP contribution in [0.2, 0.25) is 0 Å². The first-order valence-electron chi connectivity index (χ1n) is 7.27. The predicted octanol–water partition coefficient (Wildman–Crippen LogP) is 2.61. The third-order valence-corrected chi connectivity index (χ3v) is 3.66. The van der Waals surface area contributed by atoms with E-state index in [0.717, 1.165) is 29.1 Å². The summed E-state index contributed by atoms with van der Waals surface area (Å²) in [6.45, 7) is 6.96. The van der Waals surface area contributed by atoms with Gasteiger partial charge in [-0.1, -0.05) is 13.8 Å². The topological polar surface area (TPSA) is 64.3 Å². The molecule has 0 unspecified atom stereocenters. The van der Waals surface area contributed by atoms with E-state index in [4.69, 9.17) is 10.5 Å². The van der Waals surface area contributed by atoms with Crippen LogP contribution in [-0.4, -0.2) is 19.1 Å². The van der Waals surface area contributed by atoms with Crippen molar-refractivity contribution >= 4 is 11.6 Å². The highest BCUT2D eigenvalue weighted by atomic mass is 16.5. The number of benzene rings is 1. The van der Waals surface area contributed by atoms with Crippen molar-refractivity contribution in [3.8, 4) is 5.75 Å². The van der Waals surface area contributed by atoms with Crippen LogP contribution in [-0.2, 0) is 4.79 Å². The largest absolute Gasteiger partial charge is 0.483 e. The minimum atomic E-state index is -0.0546. The molecule has 1 aromatic rings. The van der Waals surface area contributed by atoms with Crippen molar-refractivity contribution < 1.29 is 9.53 Å². The highest BCUT2D eigenvalue weighted by Gasteiger charge is 2.21. The van der Waals surface area contributed by atoms with Gasteiger partial charge in [0, 0.05) is 12.2 Å². The first-order valence-corrected chi connectivity index (χ1v) is 7.27. The fourth-order valence-corrected chi connectivity index (χ4v) is 2.07. The van der Waals surface area contributed by atoms with Crippen LogP contribution in [0.5, 0.6) is 5.75 Å². The summed E-state index contributed by atoms with van der Waals surface area (Å²) in [5.41, 5.74) is 8.72. The third-order valence-electron chi connectivity index (χ3n) is 3.66. The molecule has 0 aliphatic heterocycles. The minimum absolute atomic E-state index is 0.0546. The van der Waals surface area contributed by atoms with E-state index in [-0.39, 0.29) is 12.5 Å². The molecule has 110 valence electrons. The maximum atomic E-state index is 11.7. The summed E-state index contributed by atoms with van der Waals surface area (Å²) in [6, 6.07) is 3.86. The molecule has 0 heterocycles. The Balaban J connectivity index is 1.96. The lowest BCUT2D eigenvalue weighted by atomic mass is 9.99. The van der Waals surface area contributed by atoms with Crippen molar-refractivity contribution in [3.05, 3.63) is 23.3 Å². The Bertz CT molecular complexity index is 493. The molecule has 0 radical (unpaired) electrons. The number of hydrogen-bond acceptors (Lipinski definition) is 3. The van der Waals surface area contributed by atoms with Crippen LogP contribution in [0.15, 0.2) is 12.1 Å². The molecule has 3 N–H and O–H groups in total. The van der Waals surface area contributed by atoms with E-state index < -0.39 is 0 Å². The van der Waals surface area contributed by atoms with Gasteiger partial charge in [-0.05, 0) is 54.9 Å². The summed E-state index contributed by atoms with van der Waals surface area (Å²) in [5.74, 6) is 1.70. The lowest BCUT2D eigenvalue weighted by Gasteiger charge is -2.16. The van der Waals surface area contributed by atoms with Crippen LogP contribution < -0.4 is 15.8 Å². The van der Waals surface area contributed by atoms with Crippen LogP contribution in [0.1, 0.15) is 43.7 Å². The van der Waals surface area contributed by atoms with Gasteiger partial charge in [0.15, 0.2) is 6.61 Å². The van der Waals surface area contributed by atoms with E-state index in [9.17, 15) is 4.79 Å². The molecule has 1 amide bonds. The van der Waals surface area contributed by atoms with Crippen molar-refractivity contribution in [1.82, 2.24) is 5.32 Å². The van der Waals surface area contributed by atoms with Crippen LogP contribution in [0.3, 0.4) is 0 Å². The van der Waals surface area contributed by atoms with Gasteiger partial charge in [0.05, 0.1) is 0 Å². The van der Waals surface area contributed by atoms with E-state index >= 15 is 0 Å². The number of nitrogen functional groups attached to an aromatic ring is 1. The number of rotatable bonds is 6. The molecule has 0 aromatic heterocycles. The van der Waals surface area contributed by atoms with Crippen LogP contribution in [0, 0.1) is 12.8 Å². The lowest BCUT2D eigenvalue weighted by Crippen LogP contribution is -2.30. The fourth-order valence-electron chi connectivity index (χ4n) is 2.07. The highest BCUT2D eigenvalue weighted by Crippen LogP contribution is 2.31. The molecule has 4 nitrogen and oxygen atoms in total. The molecule has 0 bridgehead atoms. The Hall–Kier alpha value is -1.71. The number of aryl methyl sites for hydroxylation is 1. The van der Waals surface area contributed by atoms with E-state index in [1.54, 1.807) is 0 Å². The number of carbonyl (C=O) groups is 1. The van der Waals surface area contributed by atoms with Gasteiger partial charge in [0.2, 0.25) is 0 Å². The molecule has 0 atom stereocenters. The number of nitrogens with two attached hydrogens (primary N) is 1. The quantitative estimate of drug-likeness (QED) is 0.785. The number of ether oxygens (including phenoxy) is 1. The second-order valence-electron chi connectivity index (χ2n) is 5.94. The predicted molar refractivity (Wildman–Crippen MR) is 80.9 cm³/mol. The van der Waals surface area contributed by atoms with Crippen molar-refractivity contribution in [1.29, 1.82) is 0 Å². The Morgan fingerprint density at radius 2 is 2.15 bits per heavy atom. The number of carbonyl (C=O) groups excluding carboxylic acids is 1. The molecular formula is C16H24N2O2. The molecule has 1 aliphatic rings. The molecule has 20 heavy (non-hydrogen) atoms. The zero-order chi connectivity index (χ0) is 14.7. The van der Waals surface area contributed by atoms with E-state index in [0.29, 0.717) is 11.8 Å². The summed E-state index contributed by atoms with van der Waals surface area (Å²) >= 11 is 0. The zero-order valence-electron chi connectivity index (χ0n) is 12.5. The average Bonchev–Trinajstić information content (AvgIpc) is 3.21. The molecule has 2 rings (SSSR count). The number of amides is 1. The Morgan fingerprint density at radius 1 is 1.45 bits per heavy atom. The molecule has 1 aliphatic carbocycles. The summed E-state index contributed by atoms with van der Waals surface area (Å²) < 4.78 is 5.68. The lowest BCUT2D eigenvalue weighted by molar-refractivity contribution is -0.123. The van der Waals surface area contributed by atoms with Gasteiger partial charge in [0.1, 0.15) is 5.75 Å². The van der Waals surface area contributed by atoms with Gasteiger partial charge >= 0.3 is 0 Å². The molecule has 0 spiro atoms. The SMILES string of the molecule is Cc1cc(OCC(=O)NCC2CC2)c(C(C)C)cc1N. The molecule has 4 heteroatoms. The maximum Gasteiger partial charge on any atom is 0.257 e. The summed E-state index contributed by atoms with van der Waals surface area (Å²) in [6.07, 6.45) is 2.46. The molecule has 1 fully saturated rings. The van der Waals surface area contributed by atoms with Gasteiger partial charge in [-0.15, -0.1) is 0 Å².